The zero-order valence-electron chi connectivity index (χ0n) is 17.7. The Labute approximate surface area is 186 Å². The second-order valence-corrected chi connectivity index (χ2v) is 7.58. The number of rotatable bonds is 6. The first kappa shape index (κ1) is 19.9. The highest BCUT2D eigenvalue weighted by atomic mass is 16.7. The predicted molar refractivity (Wildman–Crippen MR) is 122 cm³/mol. The van der Waals surface area contributed by atoms with E-state index < -0.39 is 0 Å². The first-order valence-electron chi connectivity index (χ1n) is 10.5. The normalized spacial score (nSPS) is 14.0. The van der Waals surface area contributed by atoms with Crippen molar-refractivity contribution in [1.29, 1.82) is 0 Å². The molecule has 7 nitrogen and oxygen atoms in total. The number of hydrazone groups is 1. The number of amides is 1. The van der Waals surface area contributed by atoms with Crippen LogP contribution in [0.2, 0.25) is 0 Å². The van der Waals surface area contributed by atoms with E-state index in [9.17, 15) is 4.79 Å². The van der Waals surface area contributed by atoms with E-state index in [0.29, 0.717) is 23.7 Å². The summed E-state index contributed by atoms with van der Waals surface area (Å²) in [6, 6.07) is 19.4. The number of ether oxygens (including phenoxy) is 3. The Balaban J connectivity index is 1.22. The summed E-state index contributed by atoms with van der Waals surface area (Å²) in [6.07, 6.45) is 1.58. The molecule has 0 radical (unpaired) electrons. The fourth-order valence-corrected chi connectivity index (χ4v) is 3.86. The van der Waals surface area contributed by atoms with Crippen molar-refractivity contribution in [3.05, 3.63) is 82.9 Å². The summed E-state index contributed by atoms with van der Waals surface area (Å²) in [5.41, 5.74) is 7.49. The molecule has 2 heterocycles. The minimum atomic E-state index is -0.246. The van der Waals surface area contributed by atoms with Gasteiger partial charge in [0.15, 0.2) is 11.5 Å². The molecule has 162 valence electrons. The molecule has 0 unspecified atom stereocenters. The van der Waals surface area contributed by atoms with E-state index in [4.69, 9.17) is 14.2 Å². The topological polar surface area (TPSA) is 72.4 Å². The highest BCUT2D eigenvalue weighted by molar-refractivity contribution is 5.95. The van der Waals surface area contributed by atoms with Crippen LogP contribution < -0.4 is 24.5 Å². The largest absolute Gasteiger partial charge is 0.494 e. The fourth-order valence-electron chi connectivity index (χ4n) is 3.86. The molecule has 1 amide bonds. The summed E-state index contributed by atoms with van der Waals surface area (Å²) < 4.78 is 16.2. The third-order valence-electron chi connectivity index (χ3n) is 5.48. The van der Waals surface area contributed by atoms with Crippen molar-refractivity contribution >= 4 is 17.8 Å². The van der Waals surface area contributed by atoms with Crippen LogP contribution in [0.3, 0.4) is 0 Å². The number of fused-ring (bicyclic) bond motifs is 2. The van der Waals surface area contributed by atoms with Gasteiger partial charge in [0.05, 0.1) is 12.8 Å². The molecule has 3 aromatic carbocycles. The monoisotopic (exact) mass is 429 g/mol. The van der Waals surface area contributed by atoms with E-state index in [-0.39, 0.29) is 12.7 Å². The van der Waals surface area contributed by atoms with E-state index in [1.807, 2.05) is 55.5 Å². The van der Waals surface area contributed by atoms with Crippen LogP contribution in [0.1, 0.15) is 34.0 Å². The molecule has 0 atom stereocenters. The minimum absolute atomic E-state index is 0.223. The van der Waals surface area contributed by atoms with Gasteiger partial charge in [-0.25, -0.2) is 5.43 Å². The van der Waals surface area contributed by atoms with Gasteiger partial charge in [-0.2, -0.15) is 5.10 Å². The quantitative estimate of drug-likeness (QED) is 0.472. The molecule has 0 spiro atoms. The molecule has 1 N–H and O–H groups in total. The Bertz CT molecular complexity index is 1170. The molecule has 3 aromatic rings. The van der Waals surface area contributed by atoms with Crippen LogP contribution in [0.5, 0.6) is 17.2 Å². The van der Waals surface area contributed by atoms with Gasteiger partial charge in [-0.05, 0) is 78.2 Å². The van der Waals surface area contributed by atoms with E-state index in [2.05, 4.69) is 27.6 Å². The molecule has 5 rings (SSSR count). The third-order valence-corrected chi connectivity index (χ3v) is 5.48. The van der Waals surface area contributed by atoms with Gasteiger partial charge in [0, 0.05) is 24.3 Å². The summed E-state index contributed by atoms with van der Waals surface area (Å²) in [6.45, 7) is 4.42. The number of carbonyl (C=O) groups excluding carboxylic acids is 1. The van der Waals surface area contributed by atoms with Crippen molar-refractivity contribution in [1.82, 2.24) is 5.43 Å². The number of hydrogen-bond donors (Lipinski definition) is 1. The fraction of sp³-hybridized carbons (Fsp3) is 0.200. The lowest BCUT2D eigenvalue weighted by atomic mass is 10.1. The molecule has 0 bridgehead atoms. The lowest BCUT2D eigenvalue weighted by Gasteiger charge is -2.18. The van der Waals surface area contributed by atoms with Crippen LogP contribution in [0.4, 0.5) is 5.69 Å². The number of carbonyl (C=O) groups is 1. The first-order chi connectivity index (χ1) is 15.7. The Morgan fingerprint density at radius 3 is 2.69 bits per heavy atom. The predicted octanol–water partition coefficient (Wildman–Crippen LogP) is 4.10. The first-order valence-corrected chi connectivity index (χ1v) is 10.5. The lowest BCUT2D eigenvalue weighted by Crippen LogP contribution is -2.17. The summed E-state index contributed by atoms with van der Waals surface area (Å²) in [5, 5.41) is 4.08. The number of nitrogens with one attached hydrogen (secondary N) is 1. The average Bonchev–Trinajstić information content (AvgIpc) is 3.45. The highest BCUT2D eigenvalue weighted by Crippen LogP contribution is 2.32. The number of anilines is 1. The van der Waals surface area contributed by atoms with Crippen molar-refractivity contribution in [2.75, 3.05) is 18.3 Å². The van der Waals surface area contributed by atoms with Crippen LogP contribution in [0, 0.1) is 0 Å². The molecule has 0 aliphatic carbocycles. The third kappa shape index (κ3) is 4.09. The van der Waals surface area contributed by atoms with Crippen LogP contribution in [0.15, 0.2) is 65.8 Å². The van der Waals surface area contributed by atoms with Gasteiger partial charge in [0.25, 0.3) is 5.91 Å². The molecular weight excluding hydrogens is 406 g/mol. The van der Waals surface area contributed by atoms with Gasteiger partial charge in [0.2, 0.25) is 6.79 Å². The van der Waals surface area contributed by atoms with Crippen molar-refractivity contribution in [2.45, 2.75) is 20.0 Å². The highest BCUT2D eigenvalue weighted by Gasteiger charge is 2.21. The maximum atomic E-state index is 12.6. The molecule has 0 saturated carbocycles. The van der Waals surface area contributed by atoms with Crippen molar-refractivity contribution in [3.63, 3.8) is 0 Å². The van der Waals surface area contributed by atoms with Gasteiger partial charge in [0.1, 0.15) is 5.75 Å². The second-order valence-electron chi connectivity index (χ2n) is 7.58. The Hall–Kier alpha value is -4.00. The van der Waals surface area contributed by atoms with Crippen LogP contribution >= 0.6 is 0 Å². The van der Waals surface area contributed by atoms with Crippen LogP contribution in [0.25, 0.3) is 0 Å². The van der Waals surface area contributed by atoms with Crippen LogP contribution in [-0.4, -0.2) is 25.5 Å². The summed E-state index contributed by atoms with van der Waals surface area (Å²) in [7, 11) is 0. The van der Waals surface area contributed by atoms with Gasteiger partial charge in [-0.15, -0.1) is 0 Å². The number of benzene rings is 3. The Kier molecular flexibility index (Phi) is 5.37. The van der Waals surface area contributed by atoms with E-state index in [0.717, 1.165) is 35.7 Å². The SMILES string of the molecule is CCOc1ccc(N2Cc3ccc(C(=O)N/N=C/c4ccc5c(c4)OCO5)cc3C2)cc1. The summed E-state index contributed by atoms with van der Waals surface area (Å²) in [5.74, 6) is 2.01. The van der Waals surface area contributed by atoms with E-state index >= 15 is 0 Å². The van der Waals surface area contributed by atoms with Crippen molar-refractivity contribution < 1.29 is 19.0 Å². The number of nitrogens with zero attached hydrogens (tertiary/aromatic N) is 2. The summed E-state index contributed by atoms with van der Waals surface area (Å²) in [4.78, 5) is 14.9. The Morgan fingerprint density at radius 2 is 1.84 bits per heavy atom. The number of hydrogen-bond acceptors (Lipinski definition) is 6. The smallest absolute Gasteiger partial charge is 0.271 e. The van der Waals surface area contributed by atoms with Crippen LogP contribution in [-0.2, 0) is 13.1 Å². The lowest BCUT2D eigenvalue weighted by molar-refractivity contribution is 0.0955. The molecule has 2 aliphatic rings. The molecule has 0 fully saturated rings. The van der Waals surface area contributed by atoms with Gasteiger partial charge >= 0.3 is 0 Å². The zero-order valence-corrected chi connectivity index (χ0v) is 17.7. The van der Waals surface area contributed by atoms with Crippen molar-refractivity contribution in [3.8, 4) is 17.2 Å². The Morgan fingerprint density at radius 1 is 1.03 bits per heavy atom. The second kappa shape index (κ2) is 8.63. The average molecular weight is 429 g/mol. The zero-order chi connectivity index (χ0) is 21.9. The van der Waals surface area contributed by atoms with E-state index in [1.54, 1.807) is 6.21 Å². The molecule has 0 aromatic heterocycles. The molecule has 0 saturated heterocycles. The minimum Gasteiger partial charge on any atom is -0.494 e. The molecule has 2 aliphatic heterocycles. The van der Waals surface area contributed by atoms with Crippen molar-refractivity contribution in [2.24, 2.45) is 5.10 Å². The molecule has 32 heavy (non-hydrogen) atoms. The molecular formula is C25H23N3O4. The van der Waals surface area contributed by atoms with Gasteiger partial charge in [-0.3, -0.25) is 4.79 Å². The standard InChI is InChI=1S/C25H23N3O4/c1-2-30-22-8-6-21(7-9-22)28-14-19-5-4-18(12-20(19)15-28)25(29)27-26-13-17-3-10-23-24(11-17)32-16-31-23/h3-13H,2,14-16H2,1H3,(H,27,29)/b26-13+. The maximum Gasteiger partial charge on any atom is 0.271 e. The van der Waals surface area contributed by atoms with Gasteiger partial charge in [-0.1, -0.05) is 6.07 Å². The van der Waals surface area contributed by atoms with E-state index in [1.165, 1.54) is 5.56 Å². The summed E-state index contributed by atoms with van der Waals surface area (Å²) >= 11 is 0. The maximum absolute atomic E-state index is 12.6. The van der Waals surface area contributed by atoms with Gasteiger partial charge < -0.3 is 19.1 Å². The molecule has 7 heteroatoms.